The zero-order valence-corrected chi connectivity index (χ0v) is 37.4. The molecule has 14 nitrogen and oxygen atoms in total. The Labute approximate surface area is 366 Å². The Kier molecular flexibility index (Phi) is 14.7. The number of unbranched alkanes of at least 4 members (excludes halogenated alkanes) is 6. The minimum atomic E-state index is -0.448. The molecule has 0 bridgehead atoms. The predicted molar refractivity (Wildman–Crippen MR) is 242 cm³/mol. The largest absolute Gasteiger partial charge is 0.493 e. The smallest absolute Gasteiger partial charge is 0.241 e. The van der Waals surface area contributed by atoms with Gasteiger partial charge in [-0.1, -0.05) is 60.2 Å². The van der Waals surface area contributed by atoms with E-state index in [-0.39, 0.29) is 30.3 Å². The number of aromatic nitrogens is 4. The van der Waals surface area contributed by atoms with Crippen molar-refractivity contribution in [3.05, 3.63) is 76.2 Å². The monoisotopic (exact) mass is 895 g/mol. The summed E-state index contributed by atoms with van der Waals surface area (Å²) in [7, 11) is 3.51. The molecule has 3 amide bonds. The lowest BCUT2D eigenvalue weighted by molar-refractivity contribution is -0.134. The Morgan fingerprint density at radius 3 is 2.46 bits per heavy atom. The van der Waals surface area contributed by atoms with Crippen LogP contribution in [0.2, 0.25) is 0 Å². The van der Waals surface area contributed by atoms with Crippen molar-refractivity contribution in [2.75, 3.05) is 63.6 Å². The number of nitrogens with one attached hydrogen (secondary N) is 3. The molecule has 15 heteroatoms. The number of carbonyl (C=O) groups is 3. The Morgan fingerprint density at radius 1 is 0.934 bits per heavy atom. The third-order valence-corrected chi connectivity index (χ3v) is 12.3. The number of hydrogen-bond donors (Lipinski definition) is 3. The highest BCUT2D eigenvalue weighted by Gasteiger charge is 2.31. The number of imide groups is 1. The van der Waals surface area contributed by atoms with Gasteiger partial charge in [0.05, 0.1) is 48.9 Å². The molecule has 5 aromatic rings. The lowest BCUT2D eigenvalue weighted by Gasteiger charge is -2.34. The van der Waals surface area contributed by atoms with E-state index >= 15 is 0 Å². The van der Waals surface area contributed by atoms with Crippen molar-refractivity contribution >= 4 is 67.0 Å². The fraction of sp³-hybridized carbons (Fsp3) is 0.478. The summed E-state index contributed by atoms with van der Waals surface area (Å²) in [6.07, 6.45) is 8.86. The predicted octanol–water partition coefficient (Wildman–Crippen LogP) is 7.66. The molecule has 0 aliphatic carbocycles. The average Bonchev–Trinajstić information content (AvgIpc) is 3.57. The van der Waals surface area contributed by atoms with Crippen molar-refractivity contribution in [1.82, 2.24) is 34.9 Å². The maximum Gasteiger partial charge on any atom is 0.241 e. The molecule has 2 aliphatic rings. The van der Waals surface area contributed by atoms with Gasteiger partial charge in [0.1, 0.15) is 11.6 Å². The third kappa shape index (κ3) is 11.2. The molecular weight excluding hydrogens is 838 g/mol. The van der Waals surface area contributed by atoms with Gasteiger partial charge in [0.25, 0.3) is 0 Å². The van der Waals surface area contributed by atoms with E-state index in [1.807, 2.05) is 61.3 Å². The zero-order chi connectivity index (χ0) is 42.9. The maximum atomic E-state index is 13.1. The Hall–Kier alpha value is -5.28. The number of piperazine rings is 1. The van der Waals surface area contributed by atoms with E-state index in [2.05, 4.69) is 60.9 Å². The van der Waals surface area contributed by atoms with Gasteiger partial charge in [-0.05, 0) is 81.6 Å². The van der Waals surface area contributed by atoms with Crippen molar-refractivity contribution in [2.45, 2.75) is 83.6 Å². The Bertz CT molecular complexity index is 2340. The Balaban J connectivity index is 0.757. The number of nitrogens with zero attached hydrogens (tertiary/aromatic N) is 6. The molecule has 0 saturated carbocycles. The van der Waals surface area contributed by atoms with Gasteiger partial charge in [0.2, 0.25) is 17.7 Å². The van der Waals surface area contributed by atoms with E-state index in [0.29, 0.717) is 42.5 Å². The van der Waals surface area contributed by atoms with E-state index in [1.54, 1.807) is 11.8 Å². The first kappa shape index (κ1) is 43.8. The van der Waals surface area contributed by atoms with Crippen LogP contribution >= 0.6 is 15.9 Å². The van der Waals surface area contributed by atoms with Gasteiger partial charge >= 0.3 is 0 Å². The fourth-order valence-electron chi connectivity index (χ4n) is 8.32. The van der Waals surface area contributed by atoms with Crippen molar-refractivity contribution < 1.29 is 23.9 Å². The highest BCUT2D eigenvalue weighted by molar-refractivity contribution is 9.10. The molecule has 0 radical (unpaired) electrons. The molecule has 1 unspecified atom stereocenters. The van der Waals surface area contributed by atoms with Crippen LogP contribution in [0.3, 0.4) is 0 Å². The van der Waals surface area contributed by atoms with E-state index in [9.17, 15) is 14.4 Å². The molecule has 2 aliphatic heterocycles. The summed E-state index contributed by atoms with van der Waals surface area (Å²) in [6, 6.07) is 18.0. The van der Waals surface area contributed by atoms with Gasteiger partial charge in [-0.3, -0.25) is 29.3 Å². The molecule has 3 aromatic carbocycles. The van der Waals surface area contributed by atoms with Crippen LogP contribution in [0.1, 0.15) is 93.8 Å². The van der Waals surface area contributed by atoms with Crippen LogP contribution in [0.5, 0.6) is 11.5 Å². The van der Waals surface area contributed by atoms with Crippen LogP contribution in [0.25, 0.3) is 21.8 Å². The summed E-state index contributed by atoms with van der Waals surface area (Å²) >= 11 is 3.57. The second-order valence-electron chi connectivity index (χ2n) is 16.2. The lowest BCUT2D eigenvalue weighted by atomic mass is 9.93. The first-order valence-corrected chi connectivity index (χ1v) is 22.4. The second kappa shape index (κ2) is 20.5. The summed E-state index contributed by atoms with van der Waals surface area (Å²) in [6.45, 7) is 9.20. The quantitative estimate of drug-likeness (QED) is 0.0553. The van der Waals surface area contributed by atoms with Crippen LogP contribution in [-0.2, 0) is 21.4 Å². The molecule has 2 aromatic heterocycles. The number of piperidine rings is 1. The number of benzene rings is 3. The van der Waals surface area contributed by atoms with Crippen LogP contribution in [-0.4, -0.2) is 100 Å². The fourth-order valence-corrected chi connectivity index (χ4v) is 8.74. The van der Waals surface area contributed by atoms with Crippen LogP contribution in [0.4, 0.5) is 11.5 Å². The third-order valence-electron chi connectivity index (χ3n) is 11.8. The number of rotatable bonds is 19. The van der Waals surface area contributed by atoms with E-state index in [0.717, 1.165) is 88.9 Å². The normalized spacial score (nSPS) is 16.5. The molecule has 324 valence electrons. The van der Waals surface area contributed by atoms with Crippen LogP contribution in [0, 0.1) is 6.92 Å². The number of methoxy groups -OCH3 is 1. The second-order valence-corrected chi connectivity index (χ2v) is 17.1. The SMILES string of the molecule is COc1cc2c(N[C@H](C)c3cccc(Br)c3)nc(C)nc2cc1OCCCCCCCCCN1CCN(C(=O)CNc2ccc3c(C4CCC(=O)NC4=O)nn(C)c3c2)CC1. The Morgan fingerprint density at radius 2 is 1.70 bits per heavy atom. The summed E-state index contributed by atoms with van der Waals surface area (Å²) in [5.74, 6) is 1.93. The maximum absolute atomic E-state index is 13.1. The number of amides is 3. The standard InChI is InChI=1S/C46H58BrN9O5/c1-30(32-13-12-14-33(47)25-32)49-45-37-27-40(60-4)41(28-38(37)50-31(2)51-45)61-24-11-9-7-5-6-8-10-19-55-20-22-56(23-21-55)43(58)29-48-34-15-16-35-39(26-34)54(3)53-44(35)36-17-18-42(57)52-46(36)59/h12-16,25-28,30,36,48H,5-11,17-24,29H2,1-4H3,(H,49,50,51)(H,52,57,59)/t30-,36?/m1/s1. The number of halogens is 1. The van der Waals surface area contributed by atoms with Crippen LogP contribution < -0.4 is 25.4 Å². The zero-order valence-electron chi connectivity index (χ0n) is 35.8. The molecule has 7 rings (SSSR count). The first-order chi connectivity index (χ1) is 29.6. The van der Waals surface area contributed by atoms with E-state index < -0.39 is 5.92 Å². The molecule has 2 atom stereocenters. The lowest BCUT2D eigenvalue weighted by Crippen LogP contribution is -2.50. The summed E-state index contributed by atoms with van der Waals surface area (Å²) < 4.78 is 14.8. The molecular formula is C46H58BrN9O5. The van der Waals surface area contributed by atoms with Gasteiger partial charge in [0, 0.05) is 66.6 Å². The highest BCUT2D eigenvalue weighted by atomic mass is 79.9. The molecule has 4 heterocycles. The molecule has 3 N–H and O–H groups in total. The molecule has 2 fully saturated rings. The first-order valence-electron chi connectivity index (χ1n) is 21.6. The number of fused-ring (bicyclic) bond motifs is 2. The summed E-state index contributed by atoms with van der Waals surface area (Å²) in [5.41, 5.74) is 4.34. The molecule has 0 spiro atoms. The number of hydrogen-bond acceptors (Lipinski definition) is 11. The molecule has 2 saturated heterocycles. The summed E-state index contributed by atoms with van der Waals surface area (Å²) in [4.78, 5) is 51.0. The van der Waals surface area contributed by atoms with Crippen molar-refractivity contribution in [3.8, 4) is 11.5 Å². The van der Waals surface area contributed by atoms with Crippen molar-refractivity contribution in [3.63, 3.8) is 0 Å². The molecule has 61 heavy (non-hydrogen) atoms. The number of ether oxygens (including phenoxy) is 2. The number of aryl methyl sites for hydroxylation is 2. The van der Waals surface area contributed by atoms with E-state index in [1.165, 1.54) is 32.1 Å². The average molecular weight is 897 g/mol. The number of carbonyl (C=O) groups excluding carboxylic acids is 3. The number of anilines is 2. The topological polar surface area (TPSA) is 156 Å². The van der Waals surface area contributed by atoms with Gasteiger partial charge in [-0.2, -0.15) is 5.10 Å². The highest BCUT2D eigenvalue weighted by Crippen LogP contribution is 2.36. The minimum Gasteiger partial charge on any atom is -0.493 e. The van der Waals surface area contributed by atoms with Crippen LogP contribution in [0.15, 0.2) is 59.1 Å². The van der Waals surface area contributed by atoms with Gasteiger partial charge in [-0.15, -0.1) is 0 Å². The minimum absolute atomic E-state index is 0.0444. The van der Waals surface area contributed by atoms with Gasteiger partial charge < -0.3 is 25.0 Å². The van der Waals surface area contributed by atoms with E-state index in [4.69, 9.17) is 19.4 Å². The van der Waals surface area contributed by atoms with Gasteiger partial charge in [-0.25, -0.2) is 9.97 Å². The van der Waals surface area contributed by atoms with Crippen molar-refractivity contribution in [1.29, 1.82) is 0 Å². The summed E-state index contributed by atoms with van der Waals surface area (Å²) in [5, 5.41) is 15.7. The van der Waals surface area contributed by atoms with Crippen molar-refractivity contribution in [2.24, 2.45) is 7.05 Å². The van der Waals surface area contributed by atoms with Gasteiger partial charge in [0.15, 0.2) is 11.5 Å².